The molecular formula is C24H25FN2O4S. The summed E-state index contributed by atoms with van der Waals surface area (Å²) in [6.45, 7) is 5.57. The Morgan fingerprint density at radius 1 is 1.28 bits per heavy atom. The van der Waals surface area contributed by atoms with Gasteiger partial charge in [-0.2, -0.15) is 0 Å². The number of halogens is 1. The summed E-state index contributed by atoms with van der Waals surface area (Å²) in [6, 6.07) is 8.26. The second-order valence-electron chi connectivity index (χ2n) is 8.74. The lowest BCUT2D eigenvalue weighted by Crippen LogP contribution is -2.35. The quantitative estimate of drug-likeness (QED) is 0.463. The summed E-state index contributed by atoms with van der Waals surface area (Å²) in [7, 11) is -3.73. The predicted molar refractivity (Wildman–Crippen MR) is 123 cm³/mol. The number of rotatable bonds is 3. The van der Waals surface area contributed by atoms with Crippen molar-refractivity contribution < 1.29 is 22.7 Å². The molecule has 0 saturated carbocycles. The number of fused-ring (bicyclic) bond motifs is 1. The Balaban J connectivity index is 1.86. The van der Waals surface area contributed by atoms with Gasteiger partial charge < -0.3 is 20.5 Å². The third-order valence-electron chi connectivity index (χ3n) is 5.52. The van der Waals surface area contributed by atoms with E-state index in [1.54, 1.807) is 25.1 Å². The van der Waals surface area contributed by atoms with Gasteiger partial charge in [-0.05, 0) is 43.0 Å². The molecule has 0 fully saturated rings. The maximum atomic E-state index is 15.3. The molecule has 1 atom stereocenters. The van der Waals surface area contributed by atoms with E-state index in [1.165, 1.54) is 18.2 Å². The SMILES string of the molecule is CC#CCOc1ccc([C@H]2Nc3cccc(O)c3NC3=C2S(=O)(=O)CC(C)(C)C3)c(F)c1. The van der Waals surface area contributed by atoms with E-state index in [9.17, 15) is 13.5 Å². The molecular weight excluding hydrogens is 431 g/mol. The van der Waals surface area contributed by atoms with Gasteiger partial charge in [0.15, 0.2) is 9.84 Å². The highest BCUT2D eigenvalue weighted by atomic mass is 32.2. The number of benzene rings is 2. The Hall–Kier alpha value is -3.18. The molecule has 0 amide bonds. The summed E-state index contributed by atoms with van der Waals surface area (Å²) in [5.74, 6) is 5.08. The number of phenolic OH excluding ortho intramolecular Hbond substituents is 1. The van der Waals surface area contributed by atoms with Crippen molar-refractivity contribution >= 4 is 21.2 Å². The standard InChI is InChI=1S/C24H25FN2O4S/c1-4-5-11-31-15-9-10-16(17(25)12-15)21-23-19(13-24(2,3)14-32(23,29)30)27-22-18(26-21)7-6-8-20(22)28/h6-10,12,21,26-28H,11,13-14H2,1-3H3/t21-/m1/s1. The zero-order valence-corrected chi connectivity index (χ0v) is 18.9. The van der Waals surface area contributed by atoms with E-state index in [1.807, 2.05) is 13.8 Å². The molecule has 2 aliphatic rings. The second-order valence-corrected chi connectivity index (χ2v) is 10.7. The second kappa shape index (κ2) is 8.06. The lowest BCUT2D eigenvalue weighted by atomic mass is 9.88. The summed E-state index contributed by atoms with van der Waals surface area (Å²) in [5, 5.41) is 16.7. The molecule has 168 valence electrons. The van der Waals surface area contributed by atoms with Crippen LogP contribution in [0.15, 0.2) is 47.0 Å². The van der Waals surface area contributed by atoms with Gasteiger partial charge in [-0.15, -0.1) is 5.92 Å². The molecule has 6 nitrogen and oxygen atoms in total. The molecule has 8 heteroatoms. The van der Waals surface area contributed by atoms with Crippen molar-refractivity contribution in [3.8, 4) is 23.3 Å². The fourth-order valence-corrected chi connectivity index (χ4v) is 6.59. The largest absolute Gasteiger partial charge is 0.506 e. The van der Waals surface area contributed by atoms with Gasteiger partial charge in [-0.3, -0.25) is 0 Å². The number of sulfone groups is 1. The van der Waals surface area contributed by atoms with Gasteiger partial charge in [-0.1, -0.05) is 25.8 Å². The van der Waals surface area contributed by atoms with Crippen LogP contribution in [0.4, 0.5) is 15.8 Å². The number of hydrogen-bond donors (Lipinski definition) is 3. The highest BCUT2D eigenvalue weighted by molar-refractivity contribution is 7.95. The maximum Gasteiger partial charge on any atom is 0.179 e. The van der Waals surface area contributed by atoms with Crippen molar-refractivity contribution in [2.75, 3.05) is 23.0 Å². The lowest BCUT2D eigenvalue weighted by molar-refractivity contribution is 0.367. The van der Waals surface area contributed by atoms with Crippen molar-refractivity contribution in [2.45, 2.75) is 33.2 Å². The number of nitrogens with one attached hydrogen (secondary N) is 2. The molecule has 4 rings (SSSR count). The molecule has 2 aromatic carbocycles. The van der Waals surface area contributed by atoms with Crippen molar-refractivity contribution in [3.05, 3.63) is 58.4 Å². The van der Waals surface area contributed by atoms with E-state index >= 15 is 4.39 Å². The molecule has 2 aromatic rings. The van der Waals surface area contributed by atoms with Crippen LogP contribution in [-0.4, -0.2) is 25.9 Å². The van der Waals surface area contributed by atoms with Crippen LogP contribution in [0.3, 0.4) is 0 Å². The van der Waals surface area contributed by atoms with Crippen molar-refractivity contribution in [3.63, 3.8) is 0 Å². The Morgan fingerprint density at radius 2 is 2.06 bits per heavy atom. The first kappa shape index (κ1) is 22.0. The van der Waals surface area contributed by atoms with Gasteiger partial charge in [-0.25, -0.2) is 12.8 Å². The molecule has 2 aliphatic heterocycles. The minimum Gasteiger partial charge on any atom is -0.506 e. The molecule has 2 heterocycles. The molecule has 0 aromatic heterocycles. The number of ether oxygens (including phenoxy) is 1. The number of allylic oxidation sites excluding steroid dienone is 1. The fourth-order valence-electron chi connectivity index (χ4n) is 4.26. The zero-order valence-electron chi connectivity index (χ0n) is 18.1. The number of para-hydroxylation sites is 1. The van der Waals surface area contributed by atoms with E-state index in [0.717, 1.165) is 0 Å². The zero-order chi connectivity index (χ0) is 23.1. The average molecular weight is 457 g/mol. The molecule has 0 unspecified atom stereocenters. The van der Waals surface area contributed by atoms with Gasteiger partial charge in [0.2, 0.25) is 0 Å². The lowest BCUT2D eigenvalue weighted by Gasteiger charge is -2.34. The van der Waals surface area contributed by atoms with Gasteiger partial charge in [0.05, 0.1) is 22.4 Å². The summed E-state index contributed by atoms with van der Waals surface area (Å²) < 4.78 is 47.5. The summed E-state index contributed by atoms with van der Waals surface area (Å²) in [5.41, 5.74) is 0.967. The summed E-state index contributed by atoms with van der Waals surface area (Å²) >= 11 is 0. The predicted octanol–water partition coefficient (Wildman–Crippen LogP) is 4.57. The fraction of sp³-hybridized carbons (Fsp3) is 0.333. The first-order chi connectivity index (χ1) is 15.1. The smallest absolute Gasteiger partial charge is 0.179 e. The van der Waals surface area contributed by atoms with Crippen LogP contribution in [0, 0.1) is 23.1 Å². The summed E-state index contributed by atoms with van der Waals surface area (Å²) in [6.07, 6.45) is 0.437. The van der Waals surface area contributed by atoms with Gasteiger partial charge >= 0.3 is 0 Å². The van der Waals surface area contributed by atoms with Crippen molar-refractivity contribution in [2.24, 2.45) is 5.41 Å². The Labute approximate surface area is 187 Å². The topological polar surface area (TPSA) is 87.7 Å². The van der Waals surface area contributed by atoms with Crippen LogP contribution in [-0.2, 0) is 9.84 Å². The minimum absolute atomic E-state index is 0.0236. The molecule has 0 bridgehead atoms. The van der Waals surface area contributed by atoms with Crippen LogP contribution in [0.25, 0.3) is 0 Å². The number of hydrogen-bond acceptors (Lipinski definition) is 6. The minimum atomic E-state index is -3.73. The van der Waals surface area contributed by atoms with Gasteiger partial charge in [0.1, 0.15) is 29.6 Å². The average Bonchev–Trinajstić information content (AvgIpc) is 2.84. The van der Waals surface area contributed by atoms with Crippen LogP contribution < -0.4 is 15.4 Å². The first-order valence-electron chi connectivity index (χ1n) is 10.2. The third kappa shape index (κ3) is 4.13. The number of aromatic hydroxyl groups is 1. The highest BCUT2D eigenvalue weighted by Gasteiger charge is 2.43. The first-order valence-corrected chi connectivity index (χ1v) is 11.9. The van der Waals surface area contributed by atoms with E-state index < -0.39 is 27.1 Å². The van der Waals surface area contributed by atoms with Gasteiger partial charge in [0.25, 0.3) is 0 Å². The van der Waals surface area contributed by atoms with E-state index in [0.29, 0.717) is 29.2 Å². The van der Waals surface area contributed by atoms with Crippen LogP contribution in [0.5, 0.6) is 11.5 Å². The molecule has 0 aliphatic carbocycles. The Kier molecular flexibility index (Phi) is 5.55. The number of anilines is 2. The summed E-state index contributed by atoms with van der Waals surface area (Å²) in [4.78, 5) is 0.0943. The third-order valence-corrected chi connectivity index (χ3v) is 7.83. The van der Waals surface area contributed by atoms with Crippen molar-refractivity contribution in [1.82, 2.24) is 0 Å². The molecule has 0 spiro atoms. The monoisotopic (exact) mass is 456 g/mol. The highest BCUT2D eigenvalue weighted by Crippen LogP contribution is 2.48. The number of phenols is 1. The molecule has 32 heavy (non-hydrogen) atoms. The van der Waals surface area contributed by atoms with Crippen LogP contribution >= 0.6 is 0 Å². The van der Waals surface area contributed by atoms with Gasteiger partial charge in [0, 0.05) is 17.3 Å². The van der Waals surface area contributed by atoms with Crippen LogP contribution in [0.1, 0.15) is 38.8 Å². The van der Waals surface area contributed by atoms with E-state index in [4.69, 9.17) is 4.74 Å². The van der Waals surface area contributed by atoms with Crippen molar-refractivity contribution in [1.29, 1.82) is 0 Å². The molecule has 3 N–H and O–H groups in total. The molecule has 0 radical (unpaired) electrons. The normalized spacial score (nSPS) is 20.4. The van der Waals surface area contributed by atoms with Crippen LogP contribution in [0.2, 0.25) is 0 Å². The van der Waals surface area contributed by atoms with E-state index in [2.05, 4.69) is 22.5 Å². The Bertz CT molecular complexity index is 1270. The molecule has 0 saturated heterocycles. The van der Waals surface area contributed by atoms with E-state index in [-0.39, 0.29) is 28.6 Å². The Morgan fingerprint density at radius 3 is 2.78 bits per heavy atom. The maximum absolute atomic E-state index is 15.3.